The molecule has 69 heavy (non-hydrogen) atoms. The standard InChI is InChI=1S/C50H61NO18/c1-9-24(2)43(59)51-35(28-16-12-10-13-17-28)37(56)45(61)66-31-21-50(62)42(68-44(60)29-18-14-11-15-19-29)40-48(8,41(58)39(65-26(4)52)34(25(31)3)47(50,6)7)32(20-33-49(40,23-64-33)69-27(5)53)67-46-38(57)36(55)30(54)22-63-46/h9-19,30-33,35-40,42,46,54-57,62H,20-23H2,1-8H3,(H,51,59). The fourth-order valence-corrected chi connectivity index (χ4v) is 11.0. The normalized spacial score (nSPS) is 35.8. The number of hydrogen-bond donors (Lipinski definition) is 6. The minimum Gasteiger partial charge on any atom is -0.456 e. The van der Waals surface area contributed by atoms with Crippen LogP contribution >= 0.6 is 0 Å². The number of benzene rings is 2. The molecule has 2 aliphatic heterocycles. The Bertz CT molecular complexity index is 2390. The van der Waals surface area contributed by atoms with E-state index in [1.54, 1.807) is 68.5 Å². The number of carbonyl (C=O) groups excluding carboxylic acids is 6. The Morgan fingerprint density at radius 1 is 0.870 bits per heavy atom. The summed E-state index contributed by atoms with van der Waals surface area (Å²) in [5.41, 5.74) is -7.65. The third-order valence-corrected chi connectivity index (χ3v) is 15.0. The number of hydrogen-bond acceptors (Lipinski definition) is 18. The predicted molar refractivity (Wildman–Crippen MR) is 238 cm³/mol. The van der Waals surface area contributed by atoms with Gasteiger partial charge >= 0.3 is 23.9 Å². The van der Waals surface area contributed by atoms with Crippen LogP contribution in [0.1, 0.15) is 90.2 Å². The fraction of sp³-hybridized carbons (Fsp3) is 0.560. The van der Waals surface area contributed by atoms with E-state index in [-0.39, 0.29) is 28.7 Å². The number of esters is 4. The molecule has 2 bridgehead atoms. The Kier molecular flexibility index (Phi) is 14.5. The molecule has 19 heteroatoms. The van der Waals surface area contributed by atoms with Crippen molar-refractivity contribution in [2.75, 3.05) is 13.2 Å². The number of rotatable bonds is 12. The molecule has 19 nitrogen and oxygen atoms in total. The van der Waals surface area contributed by atoms with Gasteiger partial charge in [-0.25, -0.2) is 9.59 Å². The first kappa shape index (κ1) is 51.5. The number of fused-ring (bicyclic) bond motifs is 5. The molecule has 5 aliphatic rings. The first-order valence-electron chi connectivity index (χ1n) is 22.8. The SMILES string of the molecule is CC=C(C)C(=O)NC(c1ccccc1)C(O)C(=O)OC1CC2(O)C(OC(=O)c3ccccc3)C3C4(OC(C)=O)COC4CC(OC4OCC(O)C(O)C4O)C3(C)C(=O)C(OC(C)=O)C(=C1C)C2(C)C. The number of allylic oxidation sites excluding steroid dienone is 1. The summed E-state index contributed by atoms with van der Waals surface area (Å²) in [5, 5.41) is 60.6. The van der Waals surface area contributed by atoms with Crippen molar-refractivity contribution in [1.82, 2.24) is 5.32 Å². The second-order valence-corrected chi connectivity index (χ2v) is 19.3. The Labute approximate surface area is 398 Å². The van der Waals surface area contributed by atoms with Gasteiger partial charge in [0.15, 0.2) is 29.9 Å². The summed E-state index contributed by atoms with van der Waals surface area (Å²) in [6.07, 6.45) is -16.3. The molecule has 0 spiro atoms. The number of aliphatic hydroxyl groups excluding tert-OH is 4. The summed E-state index contributed by atoms with van der Waals surface area (Å²) in [7, 11) is 0. The van der Waals surface area contributed by atoms with E-state index in [1.807, 2.05) is 0 Å². The van der Waals surface area contributed by atoms with Crippen LogP contribution < -0.4 is 5.32 Å². The van der Waals surface area contributed by atoms with Crippen molar-refractivity contribution in [3.8, 4) is 0 Å². The van der Waals surface area contributed by atoms with Crippen LogP contribution in [0.5, 0.6) is 0 Å². The van der Waals surface area contributed by atoms with Crippen LogP contribution in [0.2, 0.25) is 0 Å². The minimum absolute atomic E-state index is 0.0145. The van der Waals surface area contributed by atoms with Gasteiger partial charge in [-0.05, 0) is 56.5 Å². The van der Waals surface area contributed by atoms with Crippen LogP contribution in [0.3, 0.4) is 0 Å². The Morgan fingerprint density at radius 3 is 2.09 bits per heavy atom. The van der Waals surface area contributed by atoms with Crippen molar-refractivity contribution in [3.63, 3.8) is 0 Å². The Hall–Kier alpha value is -5.38. The number of carbonyl (C=O) groups is 6. The van der Waals surface area contributed by atoms with Crippen LogP contribution in [-0.2, 0) is 57.1 Å². The van der Waals surface area contributed by atoms with E-state index >= 15 is 4.79 Å². The third-order valence-electron chi connectivity index (χ3n) is 15.0. The number of ketones is 1. The summed E-state index contributed by atoms with van der Waals surface area (Å²) in [6.45, 7) is 10.4. The molecule has 15 atom stereocenters. The first-order valence-corrected chi connectivity index (χ1v) is 22.8. The lowest BCUT2D eigenvalue weighted by atomic mass is 9.44. The summed E-state index contributed by atoms with van der Waals surface area (Å²) >= 11 is 0. The molecule has 0 radical (unpaired) electrons. The van der Waals surface area contributed by atoms with Crippen molar-refractivity contribution in [1.29, 1.82) is 0 Å². The highest BCUT2D eigenvalue weighted by Crippen LogP contribution is 2.65. The second-order valence-electron chi connectivity index (χ2n) is 19.3. The van der Waals surface area contributed by atoms with Gasteiger partial charge in [-0.2, -0.15) is 0 Å². The molecular weight excluding hydrogens is 903 g/mol. The van der Waals surface area contributed by atoms with Crippen molar-refractivity contribution >= 4 is 35.6 Å². The van der Waals surface area contributed by atoms with E-state index in [4.69, 9.17) is 33.2 Å². The predicted octanol–water partition coefficient (Wildman–Crippen LogP) is 1.85. The van der Waals surface area contributed by atoms with Crippen LogP contribution in [-0.4, -0.2) is 147 Å². The maximum absolute atomic E-state index is 16.2. The van der Waals surface area contributed by atoms with Gasteiger partial charge in [0.2, 0.25) is 5.91 Å². The third kappa shape index (κ3) is 8.92. The van der Waals surface area contributed by atoms with E-state index in [9.17, 15) is 49.5 Å². The highest BCUT2D eigenvalue weighted by atomic mass is 16.7. The van der Waals surface area contributed by atoms with Crippen LogP contribution in [0.15, 0.2) is 83.5 Å². The zero-order valence-electron chi connectivity index (χ0n) is 39.7. The molecule has 6 N–H and O–H groups in total. The van der Waals surface area contributed by atoms with E-state index < -0.39 is 150 Å². The molecular formula is C50H61NO18. The first-order chi connectivity index (χ1) is 32.4. The number of aliphatic hydroxyl groups is 5. The molecule has 3 aliphatic carbocycles. The summed E-state index contributed by atoms with van der Waals surface area (Å²) < 4.78 is 43.0. The second kappa shape index (κ2) is 19.4. The number of nitrogens with one attached hydrogen (secondary N) is 1. The van der Waals surface area contributed by atoms with E-state index in [0.29, 0.717) is 5.56 Å². The van der Waals surface area contributed by atoms with E-state index in [0.717, 1.165) is 13.8 Å². The number of Topliss-reactive ketones (excluding diaryl/α,β-unsaturated/α-hetero) is 1. The lowest BCUT2D eigenvalue weighted by Gasteiger charge is -2.68. The highest BCUT2D eigenvalue weighted by molar-refractivity contribution is 5.96. The van der Waals surface area contributed by atoms with Crippen molar-refractivity contribution < 1.29 is 87.5 Å². The zero-order valence-corrected chi connectivity index (χ0v) is 39.7. The van der Waals surface area contributed by atoms with Crippen molar-refractivity contribution in [2.45, 2.75) is 147 Å². The molecule has 2 heterocycles. The molecule has 0 aromatic heterocycles. The average Bonchev–Trinajstić information content (AvgIpc) is 3.30. The minimum atomic E-state index is -2.50. The summed E-state index contributed by atoms with van der Waals surface area (Å²) in [5.74, 6) is -7.25. The Morgan fingerprint density at radius 2 is 1.51 bits per heavy atom. The molecule has 2 aromatic rings. The van der Waals surface area contributed by atoms with Crippen LogP contribution in [0, 0.1) is 16.7 Å². The molecule has 374 valence electrons. The summed E-state index contributed by atoms with van der Waals surface area (Å²) in [6, 6.07) is 14.5. The average molecular weight is 964 g/mol. The van der Waals surface area contributed by atoms with Gasteiger partial charge in [0.05, 0.1) is 42.3 Å². The Balaban J connectivity index is 1.44. The van der Waals surface area contributed by atoms with Gasteiger partial charge in [-0.3, -0.25) is 19.2 Å². The highest BCUT2D eigenvalue weighted by Gasteiger charge is 2.79. The maximum Gasteiger partial charge on any atom is 0.338 e. The topological polar surface area (TPSA) is 280 Å². The molecule has 1 amide bonds. The molecule has 4 fully saturated rings. The van der Waals surface area contributed by atoms with Gasteiger partial charge in [-0.15, -0.1) is 0 Å². The zero-order chi connectivity index (χ0) is 50.5. The van der Waals surface area contributed by atoms with E-state index in [2.05, 4.69) is 5.32 Å². The lowest BCUT2D eigenvalue weighted by molar-refractivity contribution is -0.366. The van der Waals surface area contributed by atoms with Crippen LogP contribution in [0.4, 0.5) is 0 Å². The smallest absolute Gasteiger partial charge is 0.338 e. The number of ether oxygens (including phenoxy) is 7. The molecule has 15 unspecified atom stereocenters. The van der Waals surface area contributed by atoms with Gasteiger partial charge in [0.25, 0.3) is 0 Å². The van der Waals surface area contributed by atoms with Crippen molar-refractivity contribution in [3.05, 3.63) is 94.6 Å². The molecule has 7 rings (SSSR count). The van der Waals surface area contributed by atoms with Gasteiger partial charge in [-0.1, -0.05) is 68.5 Å². The van der Waals surface area contributed by atoms with E-state index in [1.165, 1.54) is 39.8 Å². The molecule has 2 saturated carbocycles. The van der Waals surface area contributed by atoms with Crippen molar-refractivity contribution in [2.24, 2.45) is 16.7 Å². The van der Waals surface area contributed by atoms with Crippen LogP contribution in [0.25, 0.3) is 0 Å². The monoisotopic (exact) mass is 963 g/mol. The molecule has 2 saturated heterocycles. The summed E-state index contributed by atoms with van der Waals surface area (Å²) in [4.78, 5) is 85.0. The van der Waals surface area contributed by atoms with Gasteiger partial charge < -0.3 is 64.0 Å². The fourth-order valence-electron chi connectivity index (χ4n) is 11.0. The largest absolute Gasteiger partial charge is 0.456 e. The molecule has 2 aromatic carbocycles. The van der Waals surface area contributed by atoms with Gasteiger partial charge in [0, 0.05) is 37.7 Å². The lowest BCUT2D eigenvalue weighted by Crippen LogP contribution is -2.82. The number of amides is 1. The quantitative estimate of drug-likeness (QED) is 0.0766. The maximum atomic E-state index is 16.2. The van der Waals surface area contributed by atoms with Gasteiger partial charge in [0.1, 0.15) is 42.2 Å².